The average molecular weight is 238 g/mol. The largest absolute Gasteiger partial charge is 0.356 e. The normalized spacial score (nSPS) is 14.9. The number of halogens is 1. The number of rotatable bonds is 4. The van der Waals surface area contributed by atoms with Crippen molar-refractivity contribution in [3.05, 3.63) is 29.2 Å². The molecule has 0 radical (unpaired) electrons. The van der Waals surface area contributed by atoms with Gasteiger partial charge in [-0.25, -0.2) is 9.97 Å². The minimum atomic E-state index is 0.524. The molecule has 0 aliphatic heterocycles. The van der Waals surface area contributed by atoms with Crippen LogP contribution in [0.3, 0.4) is 0 Å². The van der Waals surface area contributed by atoms with Gasteiger partial charge in [0.2, 0.25) is 0 Å². The molecule has 1 aromatic rings. The first-order valence-electron chi connectivity index (χ1n) is 5.46. The van der Waals surface area contributed by atoms with Gasteiger partial charge in [0.15, 0.2) is 0 Å². The summed E-state index contributed by atoms with van der Waals surface area (Å²) in [7, 11) is 1.99. The lowest BCUT2D eigenvalue weighted by Crippen LogP contribution is -2.20. The zero-order valence-electron chi connectivity index (χ0n) is 9.70. The highest BCUT2D eigenvalue weighted by molar-refractivity contribution is 6.29. The molecule has 0 unspecified atom stereocenters. The topological polar surface area (TPSA) is 29.0 Å². The molecule has 4 heteroatoms. The SMILES string of the molecule is C=C(C)CN(C)c1cc(Cl)nc(C2CC2)n1. The van der Waals surface area contributed by atoms with Crippen molar-refractivity contribution >= 4 is 17.4 Å². The van der Waals surface area contributed by atoms with E-state index in [9.17, 15) is 0 Å². The molecule has 0 amide bonds. The summed E-state index contributed by atoms with van der Waals surface area (Å²) in [5, 5.41) is 0.528. The zero-order valence-corrected chi connectivity index (χ0v) is 10.5. The smallest absolute Gasteiger partial charge is 0.135 e. The number of anilines is 1. The molecule has 1 aromatic heterocycles. The van der Waals surface area contributed by atoms with Crippen LogP contribution in [0.15, 0.2) is 18.2 Å². The molecule has 2 rings (SSSR count). The molecule has 0 saturated heterocycles. The van der Waals surface area contributed by atoms with E-state index in [0.717, 1.165) is 23.8 Å². The quantitative estimate of drug-likeness (QED) is 0.596. The van der Waals surface area contributed by atoms with Gasteiger partial charge in [-0.2, -0.15) is 0 Å². The number of aromatic nitrogens is 2. The second-order valence-corrected chi connectivity index (χ2v) is 4.88. The highest BCUT2D eigenvalue weighted by atomic mass is 35.5. The van der Waals surface area contributed by atoms with Crippen LogP contribution in [-0.2, 0) is 0 Å². The maximum Gasteiger partial charge on any atom is 0.135 e. The third-order valence-electron chi connectivity index (χ3n) is 2.54. The lowest BCUT2D eigenvalue weighted by molar-refractivity contribution is 0.881. The standard InChI is InChI=1S/C12H16ClN3/c1-8(2)7-16(3)11-6-10(13)14-12(15-11)9-4-5-9/h6,9H,1,4-5,7H2,2-3H3. The molecule has 86 valence electrons. The molecule has 0 spiro atoms. The molecule has 0 atom stereocenters. The van der Waals surface area contributed by atoms with Crippen molar-refractivity contribution in [1.82, 2.24) is 9.97 Å². The van der Waals surface area contributed by atoms with E-state index in [2.05, 4.69) is 16.5 Å². The fourth-order valence-corrected chi connectivity index (χ4v) is 1.81. The molecule has 16 heavy (non-hydrogen) atoms. The first-order valence-corrected chi connectivity index (χ1v) is 5.84. The first kappa shape index (κ1) is 11.4. The van der Waals surface area contributed by atoms with E-state index < -0.39 is 0 Å². The van der Waals surface area contributed by atoms with Crippen LogP contribution >= 0.6 is 11.6 Å². The molecule has 3 nitrogen and oxygen atoms in total. The second-order valence-electron chi connectivity index (χ2n) is 4.49. The van der Waals surface area contributed by atoms with Crippen molar-refractivity contribution in [3.63, 3.8) is 0 Å². The fraction of sp³-hybridized carbons (Fsp3) is 0.500. The first-order chi connectivity index (χ1) is 7.56. The lowest BCUT2D eigenvalue weighted by atomic mass is 10.3. The van der Waals surface area contributed by atoms with Gasteiger partial charge in [-0.3, -0.25) is 0 Å². The Bertz CT molecular complexity index is 413. The van der Waals surface area contributed by atoms with Crippen LogP contribution in [0.2, 0.25) is 5.15 Å². The summed E-state index contributed by atoms with van der Waals surface area (Å²) in [6.45, 7) is 6.69. The van der Waals surface area contributed by atoms with Gasteiger partial charge in [0.1, 0.15) is 16.8 Å². The van der Waals surface area contributed by atoms with Crippen LogP contribution in [0.4, 0.5) is 5.82 Å². The average Bonchev–Trinajstić information content (AvgIpc) is 2.98. The summed E-state index contributed by atoms with van der Waals surface area (Å²) < 4.78 is 0. The Kier molecular flexibility index (Phi) is 3.15. The van der Waals surface area contributed by atoms with Crippen molar-refractivity contribution in [1.29, 1.82) is 0 Å². The summed E-state index contributed by atoms with van der Waals surface area (Å²) in [6, 6.07) is 1.80. The molecule has 0 bridgehead atoms. The minimum Gasteiger partial charge on any atom is -0.356 e. The molecular weight excluding hydrogens is 222 g/mol. The van der Waals surface area contributed by atoms with Gasteiger partial charge in [-0.1, -0.05) is 23.8 Å². The Hall–Kier alpha value is -1.09. The maximum absolute atomic E-state index is 6.00. The van der Waals surface area contributed by atoms with E-state index in [-0.39, 0.29) is 0 Å². The Labute approximate surface area is 101 Å². The van der Waals surface area contributed by atoms with Crippen LogP contribution in [0, 0.1) is 0 Å². The van der Waals surface area contributed by atoms with E-state index >= 15 is 0 Å². The van der Waals surface area contributed by atoms with E-state index in [1.807, 2.05) is 18.9 Å². The molecule has 1 saturated carbocycles. The highest BCUT2D eigenvalue weighted by Gasteiger charge is 2.27. The van der Waals surface area contributed by atoms with Crippen LogP contribution < -0.4 is 4.90 Å². The predicted octanol–water partition coefficient (Wildman–Crippen LogP) is 3.02. The van der Waals surface area contributed by atoms with Crippen LogP contribution in [0.25, 0.3) is 0 Å². The number of hydrogen-bond acceptors (Lipinski definition) is 3. The zero-order chi connectivity index (χ0) is 11.7. The van der Waals surface area contributed by atoms with E-state index in [4.69, 9.17) is 11.6 Å². The Balaban J connectivity index is 2.22. The van der Waals surface area contributed by atoms with E-state index in [1.165, 1.54) is 12.8 Å². The summed E-state index contributed by atoms with van der Waals surface area (Å²) in [5.74, 6) is 2.29. The van der Waals surface area contributed by atoms with E-state index in [1.54, 1.807) is 6.07 Å². The van der Waals surface area contributed by atoms with Crippen LogP contribution in [-0.4, -0.2) is 23.6 Å². The van der Waals surface area contributed by atoms with Crippen molar-refractivity contribution in [2.45, 2.75) is 25.7 Å². The third kappa shape index (κ3) is 2.73. The fourth-order valence-electron chi connectivity index (χ4n) is 1.63. The van der Waals surface area contributed by atoms with E-state index in [0.29, 0.717) is 11.1 Å². The number of hydrogen-bond donors (Lipinski definition) is 0. The van der Waals surface area contributed by atoms with Crippen molar-refractivity contribution in [3.8, 4) is 0 Å². The van der Waals surface area contributed by atoms with Gasteiger partial charge in [-0.05, 0) is 19.8 Å². The lowest BCUT2D eigenvalue weighted by Gasteiger charge is -2.18. The Morgan fingerprint density at radius 3 is 2.81 bits per heavy atom. The monoisotopic (exact) mass is 237 g/mol. The Morgan fingerprint density at radius 2 is 2.25 bits per heavy atom. The molecule has 1 aliphatic rings. The summed E-state index contributed by atoms with van der Waals surface area (Å²) >= 11 is 6.00. The molecule has 0 N–H and O–H groups in total. The van der Waals surface area contributed by atoms with Gasteiger partial charge in [0.25, 0.3) is 0 Å². The maximum atomic E-state index is 6.00. The van der Waals surface area contributed by atoms with Gasteiger partial charge < -0.3 is 4.90 Å². The van der Waals surface area contributed by atoms with Gasteiger partial charge in [0, 0.05) is 25.6 Å². The number of likely N-dealkylation sites (N-methyl/N-ethyl adjacent to an activating group) is 1. The molecular formula is C12H16ClN3. The van der Waals surface area contributed by atoms with Gasteiger partial charge in [-0.15, -0.1) is 0 Å². The third-order valence-corrected chi connectivity index (χ3v) is 2.73. The van der Waals surface area contributed by atoms with Crippen molar-refractivity contribution < 1.29 is 0 Å². The molecule has 0 aromatic carbocycles. The Morgan fingerprint density at radius 1 is 1.56 bits per heavy atom. The van der Waals surface area contributed by atoms with Crippen molar-refractivity contribution in [2.75, 3.05) is 18.5 Å². The summed E-state index contributed by atoms with van der Waals surface area (Å²) in [5.41, 5.74) is 1.10. The molecule has 1 aliphatic carbocycles. The van der Waals surface area contributed by atoms with Crippen molar-refractivity contribution in [2.24, 2.45) is 0 Å². The minimum absolute atomic E-state index is 0.524. The molecule has 1 fully saturated rings. The summed E-state index contributed by atoms with van der Waals surface area (Å²) in [6.07, 6.45) is 2.37. The summed E-state index contributed by atoms with van der Waals surface area (Å²) in [4.78, 5) is 10.8. The molecule has 1 heterocycles. The van der Waals surface area contributed by atoms with Gasteiger partial charge >= 0.3 is 0 Å². The van der Waals surface area contributed by atoms with Crippen LogP contribution in [0.1, 0.15) is 31.5 Å². The second kappa shape index (κ2) is 4.42. The van der Waals surface area contributed by atoms with Gasteiger partial charge in [0.05, 0.1) is 0 Å². The number of nitrogens with zero attached hydrogens (tertiary/aromatic N) is 3. The highest BCUT2D eigenvalue weighted by Crippen LogP contribution is 2.39. The predicted molar refractivity (Wildman–Crippen MR) is 67.1 cm³/mol. The van der Waals surface area contributed by atoms with Crippen LogP contribution in [0.5, 0.6) is 0 Å².